The van der Waals surface area contributed by atoms with Crippen LogP contribution in [-0.4, -0.2) is 18.8 Å². The van der Waals surface area contributed by atoms with Crippen molar-refractivity contribution in [1.82, 2.24) is 5.32 Å². The van der Waals surface area contributed by atoms with E-state index in [0.717, 1.165) is 10.6 Å². The van der Waals surface area contributed by atoms with E-state index in [2.05, 4.69) is 26.1 Å². The van der Waals surface area contributed by atoms with Crippen molar-refractivity contribution in [2.45, 2.75) is 31.7 Å². The number of benzene rings is 1. The van der Waals surface area contributed by atoms with Gasteiger partial charge in [0, 0.05) is 16.7 Å². The van der Waals surface area contributed by atoms with Gasteiger partial charge in [-0.25, -0.2) is 4.39 Å². The second-order valence-corrected chi connectivity index (χ2v) is 6.07. The lowest BCUT2D eigenvalue weighted by Gasteiger charge is -2.30. The molecular formula is C13H20FNS. The molecule has 1 rings (SSSR count). The molecule has 0 aliphatic heterocycles. The van der Waals surface area contributed by atoms with Crippen LogP contribution < -0.4 is 5.32 Å². The van der Waals surface area contributed by atoms with Crippen LogP contribution in [0.2, 0.25) is 0 Å². The highest BCUT2D eigenvalue weighted by Gasteiger charge is 2.22. The Labute approximate surface area is 102 Å². The van der Waals surface area contributed by atoms with E-state index in [1.165, 1.54) is 12.1 Å². The van der Waals surface area contributed by atoms with E-state index >= 15 is 0 Å². The summed E-state index contributed by atoms with van der Waals surface area (Å²) < 4.78 is 12.7. The van der Waals surface area contributed by atoms with Crippen molar-refractivity contribution in [2.24, 2.45) is 5.41 Å². The van der Waals surface area contributed by atoms with Crippen molar-refractivity contribution in [3.8, 4) is 0 Å². The normalized spacial score (nSPS) is 13.8. The van der Waals surface area contributed by atoms with E-state index in [-0.39, 0.29) is 11.2 Å². The lowest BCUT2D eigenvalue weighted by atomic mass is 9.88. The predicted octanol–water partition coefficient (Wildman–Crippen LogP) is 3.55. The quantitative estimate of drug-likeness (QED) is 0.809. The molecule has 0 aliphatic rings. The largest absolute Gasteiger partial charge is 0.316 e. The molecule has 0 saturated carbocycles. The third-order valence-corrected chi connectivity index (χ3v) is 3.73. The second-order valence-electron chi connectivity index (χ2n) is 4.97. The Morgan fingerprint density at radius 3 is 2.25 bits per heavy atom. The van der Waals surface area contributed by atoms with Crippen molar-refractivity contribution in [2.75, 3.05) is 12.8 Å². The molecule has 0 amide bonds. The van der Waals surface area contributed by atoms with Gasteiger partial charge in [-0.2, -0.15) is 0 Å². The molecule has 1 N–H and O–H groups in total. The van der Waals surface area contributed by atoms with Crippen LogP contribution in [0, 0.1) is 11.2 Å². The molecule has 16 heavy (non-hydrogen) atoms. The maximum absolute atomic E-state index is 12.7. The zero-order chi connectivity index (χ0) is 12.2. The minimum absolute atomic E-state index is 0.176. The highest BCUT2D eigenvalue weighted by molar-refractivity contribution is 7.99. The molecule has 1 atom stereocenters. The highest BCUT2D eigenvalue weighted by atomic mass is 32.2. The molecule has 1 aromatic carbocycles. The summed E-state index contributed by atoms with van der Waals surface area (Å²) in [5.74, 6) is 0.816. The lowest BCUT2D eigenvalue weighted by Crippen LogP contribution is -2.40. The summed E-state index contributed by atoms with van der Waals surface area (Å²) in [4.78, 5) is 1.12. The van der Waals surface area contributed by atoms with Crippen molar-refractivity contribution in [3.63, 3.8) is 0 Å². The van der Waals surface area contributed by atoms with E-state index in [4.69, 9.17) is 0 Å². The minimum Gasteiger partial charge on any atom is -0.316 e. The summed E-state index contributed by atoms with van der Waals surface area (Å²) in [6.07, 6.45) is 0. The molecule has 0 saturated heterocycles. The van der Waals surface area contributed by atoms with Gasteiger partial charge < -0.3 is 5.32 Å². The van der Waals surface area contributed by atoms with Crippen LogP contribution in [-0.2, 0) is 0 Å². The first-order valence-corrected chi connectivity index (χ1v) is 6.47. The lowest BCUT2D eigenvalue weighted by molar-refractivity contribution is 0.305. The molecule has 1 aromatic rings. The van der Waals surface area contributed by atoms with Gasteiger partial charge in [-0.05, 0) is 36.7 Å². The van der Waals surface area contributed by atoms with Crippen molar-refractivity contribution >= 4 is 11.8 Å². The van der Waals surface area contributed by atoms with Crippen LogP contribution in [0.1, 0.15) is 20.8 Å². The molecular weight excluding hydrogens is 221 g/mol. The van der Waals surface area contributed by atoms with E-state index in [1.54, 1.807) is 11.8 Å². The fraction of sp³-hybridized carbons (Fsp3) is 0.538. The smallest absolute Gasteiger partial charge is 0.123 e. The third kappa shape index (κ3) is 4.14. The second kappa shape index (κ2) is 5.69. The Morgan fingerprint density at radius 2 is 1.81 bits per heavy atom. The predicted molar refractivity (Wildman–Crippen MR) is 69.4 cm³/mol. The Morgan fingerprint density at radius 1 is 1.25 bits per heavy atom. The van der Waals surface area contributed by atoms with Gasteiger partial charge in [-0.3, -0.25) is 0 Å². The van der Waals surface area contributed by atoms with Gasteiger partial charge in [0.25, 0.3) is 0 Å². The zero-order valence-corrected chi connectivity index (χ0v) is 11.2. The molecule has 0 aliphatic carbocycles. The Kier molecular flexibility index (Phi) is 4.81. The van der Waals surface area contributed by atoms with E-state index < -0.39 is 0 Å². The van der Waals surface area contributed by atoms with Gasteiger partial charge >= 0.3 is 0 Å². The van der Waals surface area contributed by atoms with Crippen LogP contribution in [0.3, 0.4) is 0 Å². The van der Waals surface area contributed by atoms with E-state index in [1.807, 2.05) is 19.2 Å². The number of hydrogen-bond acceptors (Lipinski definition) is 2. The molecule has 0 bridgehead atoms. The molecule has 0 fully saturated rings. The molecule has 0 aromatic heterocycles. The average Bonchev–Trinajstić information content (AvgIpc) is 2.19. The topological polar surface area (TPSA) is 12.0 Å². The molecule has 3 heteroatoms. The van der Waals surface area contributed by atoms with Crippen LogP contribution >= 0.6 is 11.8 Å². The standard InChI is InChI=1S/C13H20FNS/c1-13(2,3)12(15-4)9-16-11-7-5-10(14)6-8-11/h5-8,12,15H,9H2,1-4H3. The summed E-state index contributed by atoms with van der Waals surface area (Å²) in [6, 6.07) is 7.12. The Balaban J connectivity index is 2.53. The average molecular weight is 241 g/mol. The van der Waals surface area contributed by atoms with Gasteiger partial charge in [0.2, 0.25) is 0 Å². The van der Waals surface area contributed by atoms with E-state index in [9.17, 15) is 4.39 Å². The van der Waals surface area contributed by atoms with Gasteiger partial charge in [0.05, 0.1) is 0 Å². The molecule has 1 unspecified atom stereocenters. The molecule has 0 heterocycles. The van der Waals surface area contributed by atoms with Gasteiger partial charge in [-0.15, -0.1) is 11.8 Å². The first-order valence-electron chi connectivity index (χ1n) is 5.49. The first kappa shape index (κ1) is 13.5. The SMILES string of the molecule is CNC(CSc1ccc(F)cc1)C(C)(C)C. The van der Waals surface area contributed by atoms with Crippen molar-refractivity contribution < 1.29 is 4.39 Å². The highest BCUT2D eigenvalue weighted by Crippen LogP contribution is 2.26. The summed E-state index contributed by atoms with van der Waals surface area (Å²) in [7, 11) is 1.99. The van der Waals surface area contributed by atoms with Crippen LogP contribution in [0.15, 0.2) is 29.2 Å². The molecule has 0 spiro atoms. The summed E-state index contributed by atoms with van der Waals surface area (Å²) in [5.41, 5.74) is 0.238. The fourth-order valence-corrected chi connectivity index (χ4v) is 2.83. The maximum atomic E-state index is 12.7. The molecule has 0 radical (unpaired) electrons. The van der Waals surface area contributed by atoms with Crippen LogP contribution in [0.5, 0.6) is 0 Å². The Hall–Kier alpha value is -0.540. The summed E-state index contributed by atoms with van der Waals surface area (Å²) in [5, 5.41) is 3.33. The van der Waals surface area contributed by atoms with Crippen molar-refractivity contribution in [3.05, 3.63) is 30.1 Å². The fourth-order valence-electron chi connectivity index (χ4n) is 1.48. The van der Waals surface area contributed by atoms with Crippen LogP contribution in [0.4, 0.5) is 4.39 Å². The Bertz CT molecular complexity index is 316. The third-order valence-electron chi connectivity index (χ3n) is 2.62. The number of rotatable bonds is 4. The van der Waals surface area contributed by atoms with Crippen LogP contribution in [0.25, 0.3) is 0 Å². The van der Waals surface area contributed by atoms with E-state index in [0.29, 0.717) is 6.04 Å². The number of hydrogen-bond donors (Lipinski definition) is 1. The number of nitrogens with one attached hydrogen (secondary N) is 1. The first-order chi connectivity index (χ1) is 7.43. The van der Waals surface area contributed by atoms with Gasteiger partial charge in [0.1, 0.15) is 5.82 Å². The minimum atomic E-state index is -0.176. The van der Waals surface area contributed by atoms with Gasteiger partial charge in [0.15, 0.2) is 0 Å². The monoisotopic (exact) mass is 241 g/mol. The molecule has 1 nitrogen and oxygen atoms in total. The maximum Gasteiger partial charge on any atom is 0.123 e. The summed E-state index contributed by atoms with van der Waals surface area (Å²) >= 11 is 1.76. The number of halogens is 1. The van der Waals surface area contributed by atoms with Crippen molar-refractivity contribution in [1.29, 1.82) is 0 Å². The van der Waals surface area contributed by atoms with Gasteiger partial charge in [-0.1, -0.05) is 20.8 Å². The zero-order valence-electron chi connectivity index (χ0n) is 10.4. The number of thioether (sulfide) groups is 1. The molecule has 90 valence electrons. The summed E-state index contributed by atoms with van der Waals surface area (Å²) in [6.45, 7) is 6.66.